The van der Waals surface area contributed by atoms with Crippen molar-refractivity contribution < 1.29 is 9.18 Å². The van der Waals surface area contributed by atoms with E-state index in [1.165, 1.54) is 18.9 Å². The van der Waals surface area contributed by atoms with Crippen LogP contribution in [0.1, 0.15) is 44.1 Å². The molecular weight excluding hydrogens is 333 g/mol. The summed E-state index contributed by atoms with van der Waals surface area (Å²) in [5, 5.41) is 0. The van der Waals surface area contributed by atoms with Gasteiger partial charge in [0.05, 0.1) is 4.47 Å². The standard InChI is InChI=1S/C17H21BrFNO/c18-17-12(5-3-7-14(17)19)11-20-10-2-1-8-15(20)13-6-4-9-16(13)21/h3,5,7,13,15H,1-2,4,6,8-11H2. The van der Waals surface area contributed by atoms with E-state index in [1.807, 2.05) is 6.07 Å². The molecular formula is C17H21BrFNO. The number of rotatable bonds is 3. The predicted octanol–water partition coefficient (Wildman–Crippen LogP) is 4.31. The Hall–Kier alpha value is -0.740. The van der Waals surface area contributed by atoms with Gasteiger partial charge < -0.3 is 0 Å². The van der Waals surface area contributed by atoms with Crippen LogP contribution in [0.25, 0.3) is 0 Å². The molecule has 2 nitrogen and oxygen atoms in total. The molecule has 1 aliphatic carbocycles. The lowest BCUT2D eigenvalue weighted by atomic mass is 9.88. The van der Waals surface area contributed by atoms with Gasteiger partial charge in [-0.05, 0) is 59.8 Å². The molecule has 1 saturated heterocycles. The fraction of sp³-hybridized carbons (Fsp3) is 0.588. The van der Waals surface area contributed by atoms with Crippen molar-refractivity contribution in [3.8, 4) is 0 Å². The summed E-state index contributed by atoms with van der Waals surface area (Å²) in [5.41, 5.74) is 0.979. The summed E-state index contributed by atoms with van der Waals surface area (Å²) in [6.07, 6.45) is 6.30. The van der Waals surface area contributed by atoms with Gasteiger partial charge >= 0.3 is 0 Å². The van der Waals surface area contributed by atoms with E-state index in [0.717, 1.165) is 44.3 Å². The summed E-state index contributed by atoms with van der Waals surface area (Å²) in [6, 6.07) is 5.55. The second-order valence-corrected chi connectivity index (χ2v) is 7.00. The monoisotopic (exact) mass is 353 g/mol. The first-order chi connectivity index (χ1) is 10.2. The summed E-state index contributed by atoms with van der Waals surface area (Å²) in [4.78, 5) is 14.5. The van der Waals surface area contributed by atoms with Crippen molar-refractivity contribution in [2.45, 2.75) is 51.1 Å². The lowest BCUT2D eigenvalue weighted by molar-refractivity contribution is -0.123. The maximum absolute atomic E-state index is 13.7. The molecule has 21 heavy (non-hydrogen) atoms. The number of likely N-dealkylation sites (tertiary alicyclic amines) is 1. The van der Waals surface area contributed by atoms with E-state index < -0.39 is 0 Å². The molecule has 0 N–H and O–H groups in total. The molecule has 1 aromatic carbocycles. The van der Waals surface area contributed by atoms with Crippen LogP contribution < -0.4 is 0 Å². The van der Waals surface area contributed by atoms with Gasteiger partial charge in [-0.15, -0.1) is 0 Å². The molecule has 3 rings (SSSR count). The number of Topliss-reactive ketones (excluding diaryl/α,β-unsaturated/α-hetero) is 1. The largest absolute Gasteiger partial charge is 0.299 e. The molecule has 0 radical (unpaired) electrons. The zero-order chi connectivity index (χ0) is 14.8. The number of carbonyl (C=O) groups is 1. The lowest BCUT2D eigenvalue weighted by Gasteiger charge is -2.39. The summed E-state index contributed by atoms with van der Waals surface area (Å²) >= 11 is 3.35. The molecule has 1 saturated carbocycles. The number of hydrogen-bond donors (Lipinski definition) is 0. The van der Waals surface area contributed by atoms with Crippen LogP contribution in [0.2, 0.25) is 0 Å². The van der Waals surface area contributed by atoms with Crippen LogP contribution in [0, 0.1) is 11.7 Å². The third kappa shape index (κ3) is 3.21. The second-order valence-electron chi connectivity index (χ2n) is 6.21. The minimum absolute atomic E-state index is 0.206. The maximum Gasteiger partial charge on any atom is 0.137 e. The van der Waals surface area contributed by atoms with Crippen molar-refractivity contribution in [3.05, 3.63) is 34.1 Å². The topological polar surface area (TPSA) is 20.3 Å². The summed E-state index contributed by atoms with van der Waals surface area (Å²) in [7, 11) is 0. The highest BCUT2D eigenvalue weighted by Gasteiger charge is 2.36. The van der Waals surface area contributed by atoms with Crippen molar-refractivity contribution in [2.75, 3.05) is 6.54 Å². The summed E-state index contributed by atoms with van der Waals surface area (Å²) in [5.74, 6) is 0.431. The lowest BCUT2D eigenvalue weighted by Crippen LogP contribution is -2.45. The Morgan fingerprint density at radius 2 is 2.10 bits per heavy atom. The molecule has 0 amide bonds. The number of halogens is 2. The van der Waals surface area contributed by atoms with Gasteiger partial charge in [0.15, 0.2) is 0 Å². The molecule has 0 spiro atoms. The average molecular weight is 354 g/mol. The van der Waals surface area contributed by atoms with E-state index in [0.29, 0.717) is 16.3 Å². The minimum atomic E-state index is -0.210. The van der Waals surface area contributed by atoms with Gasteiger partial charge in [0.2, 0.25) is 0 Å². The first kappa shape index (κ1) is 15.2. The van der Waals surface area contributed by atoms with E-state index in [9.17, 15) is 9.18 Å². The average Bonchev–Trinajstić information content (AvgIpc) is 2.90. The fourth-order valence-electron chi connectivity index (χ4n) is 3.81. The Labute approximate surface area is 133 Å². The van der Waals surface area contributed by atoms with Crippen molar-refractivity contribution >= 4 is 21.7 Å². The Bertz CT molecular complexity index is 534. The molecule has 2 unspecified atom stereocenters. The third-order valence-electron chi connectivity index (χ3n) is 4.89. The molecule has 2 aliphatic rings. The minimum Gasteiger partial charge on any atom is -0.299 e. The third-order valence-corrected chi connectivity index (χ3v) is 5.77. The van der Waals surface area contributed by atoms with E-state index in [-0.39, 0.29) is 11.7 Å². The van der Waals surface area contributed by atoms with E-state index in [2.05, 4.69) is 20.8 Å². The Kier molecular flexibility index (Phi) is 4.75. The van der Waals surface area contributed by atoms with E-state index in [4.69, 9.17) is 0 Å². The fourth-order valence-corrected chi connectivity index (χ4v) is 4.20. The van der Waals surface area contributed by atoms with Gasteiger partial charge in [-0.1, -0.05) is 18.6 Å². The quantitative estimate of drug-likeness (QED) is 0.806. The number of ketones is 1. The van der Waals surface area contributed by atoms with Crippen LogP contribution in [0.5, 0.6) is 0 Å². The normalized spacial score (nSPS) is 27.2. The maximum atomic E-state index is 13.7. The van der Waals surface area contributed by atoms with Crippen LogP contribution in [0.4, 0.5) is 4.39 Å². The van der Waals surface area contributed by atoms with Crippen LogP contribution in [0.15, 0.2) is 22.7 Å². The molecule has 0 aromatic heterocycles. The SMILES string of the molecule is O=C1CCCC1C1CCCCN1Cc1cccc(F)c1Br. The predicted molar refractivity (Wildman–Crippen MR) is 84.5 cm³/mol. The Morgan fingerprint density at radius 1 is 1.24 bits per heavy atom. The van der Waals surface area contributed by atoms with E-state index >= 15 is 0 Å². The van der Waals surface area contributed by atoms with Crippen molar-refractivity contribution in [1.82, 2.24) is 4.90 Å². The molecule has 2 fully saturated rings. The molecule has 0 bridgehead atoms. The van der Waals surface area contributed by atoms with Crippen LogP contribution in [-0.4, -0.2) is 23.3 Å². The van der Waals surface area contributed by atoms with Crippen molar-refractivity contribution in [1.29, 1.82) is 0 Å². The first-order valence-corrected chi connectivity index (χ1v) is 8.66. The van der Waals surface area contributed by atoms with Crippen LogP contribution >= 0.6 is 15.9 Å². The Balaban J connectivity index is 1.78. The highest BCUT2D eigenvalue weighted by Crippen LogP contribution is 2.34. The van der Waals surface area contributed by atoms with Gasteiger partial charge in [-0.2, -0.15) is 0 Å². The zero-order valence-electron chi connectivity index (χ0n) is 12.2. The van der Waals surface area contributed by atoms with Crippen molar-refractivity contribution in [2.24, 2.45) is 5.92 Å². The van der Waals surface area contributed by atoms with Gasteiger partial charge in [0, 0.05) is 24.9 Å². The van der Waals surface area contributed by atoms with Crippen LogP contribution in [0.3, 0.4) is 0 Å². The first-order valence-electron chi connectivity index (χ1n) is 7.86. The number of carbonyl (C=O) groups excluding carboxylic acids is 1. The van der Waals surface area contributed by atoms with E-state index in [1.54, 1.807) is 6.07 Å². The molecule has 2 atom stereocenters. The molecule has 4 heteroatoms. The number of piperidine rings is 1. The molecule has 114 valence electrons. The molecule has 1 aliphatic heterocycles. The van der Waals surface area contributed by atoms with Gasteiger partial charge in [-0.25, -0.2) is 4.39 Å². The summed E-state index contributed by atoms with van der Waals surface area (Å²) in [6.45, 7) is 1.74. The van der Waals surface area contributed by atoms with Crippen LogP contribution in [-0.2, 0) is 11.3 Å². The van der Waals surface area contributed by atoms with Crippen molar-refractivity contribution in [3.63, 3.8) is 0 Å². The summed E-state index contributed by atoms with van der Waals surface area (Å²) < 4.78 is 14.2. The highest BCUT2D eigenvalue weighted by molar-refractivity contribution is 9.10. The second kappa shape index (κ2) is 6.57. The van der Waals surface area contributed by atoms with Gasteiger partial charge in [0.25, 0.3) is 0 Å². The molecule has 1 aromatic rings. The molecule has 1 heterocycles. The zero-order valence-corrected chi connectivity index (χ0v) is 13.7. The number of benzene rings is 1. The van der Waals surface area contributed by atoms with Gasteiger partial charge in [-0.3, -0.25) is 9.69 Å². The van der Waals surface area contributed by atoms with Gasteiger partial charge in [0.1, 0.15) is 11.6 Å². The smallest absolute Gasteiger partial charge is 0.137 e. The number of nitrogens with zero attached hydrogens (tertiary/aromatic N) is 1. The Morgan fingerprint density at radius 3 is 2.86 bits per heavy atom. The number of hydrogen-bond acceptors (Lipinski definition) is 2. The highest BCUT2D eigenvalue weighted by atomic mass is 79.9.